The second-order valence-corrected chi connectivity index (χ2v) is 3.69. The largest absolute Gasteiger partial charge is 0.353 e. The van der Waals surface area contributed by atoms with Crippen LogP contribution in [0, 0.1) is 0 Å². The maximum absolute atomic E-state index is 5.30. The number of nitrogens with one attached hydrogen (secondary N) is 1. The Morgan fingerprint density at radius 2 is 2.20 bits per heavy atom. The second kappa shape index (κ2) is 5.50. The van der Waals surface area contributed by atoms with E-state index >= 15 is 0 Å². The van der Waals surface area contributed by atoms with Gasteiger partial charge < -0.3 is 10.3 Å². The molecule has 0 aromatic carbocycles. The Hall–Kier alpha value is -1.36. The third-order valence-electron chi connectivity index (χ3n) is 2.15. The molecule has 0 aliphatic heterocycles. The van der Waals surface area contributed by atoms with Crippen molar-refractivity contribution >= 4 is 11.6 Å². The van der Waals surface area contributed by atoms with Crippen molar-refractivity contribution in [2.45, 2.75) is 33.2 Å². The maximum atomic E-state index is 5.30. The van der Waals surface area contributed by atoms with Crippen LogP contribution in [0.5, 0.6) is 0 Å². The number of hydrazine groups is 1. The number of aromatic nitrogens is 2. The first-order valence-electron chi connectivity index (χ1n) is 5.24. The van der Waals surface area contributed by atoms with Crippen molar-refractivity contribution in [3.05, 3.63) is 12.4 Å². The molecular formula is C10H19N5. The van der Waals surface area contributed by atoms with Gasteiger partial charge in [-0.25, -0.2) is 10.8 Å². The Morgan fingerprint density at radius 1 is 1.47 bits per heavy atom. The molecule has 3 N–H and O–H groups in total. The van der Waals surface area contributed by atoms with Gasteiger partial charge >= 0.3 is 0 Å². The Morgan fingerprint density at radius 3 is 2.73 bits per heavy atom. The molecule has 0 saturated heterocycles. The molecule has 0 fully saturated rings. The molecule has 1 aromatic rings. The van der Waals surface area contributed by atoms with Crippen LogP contribution < -0.4 is 16.2 Å². The van der Waals surface area contributed by atoms with Crippen molar-refractivity contribution in [1.29, 1.82) is 0 Å². The van der Waals surface area contributed by atoms with Gasteiger partial charge in [0.2, 0.25) is 0 Å². The average Bonchev–Trinajstić information content (AvgIpc) is 2.25. The lowest BCUT2D eigenvalue weighted by molar-refractivity contribution is 0.661. The third-order valence-corrected chi connectivity index (χ3v) is 2.15. The lowest BCUT2D eigenvalue weighted by Gasteiger charge is -2.27. The van der Waals surface area contributed by atoms with E-state index in [1.165, 1.54) is 0 Å². The summed E-state index contributed by atoms with van der Waals surface area (Å²) < 4.78 is 0. The number of hydrogen-bond donors (Lipinski definition) is 2. The first kappa shape index (κ1) is 11.7. The number of nitrogen functional groups attached to an aromatic ring is 1. The Bertz CT molecular complexity index is 300. The van der Waals surface area contributed by atoms with Crippen LogP contribution in [0.2, 0.25) is 0 Å². The number of anilines is 2. The van der Waals surface area contributed by atoms with E-state index in [1.807, 2.05) is 0 Å². The number of nitrogens with zero attached hydrogens (tertiary/aromatic N) is 3. The van der Waals surface area contributed by atoms with Gasteiger partial charge in [0.15, 0.2) is 5.82 Å². The minimum absolute atomic E-state index is 0.410. The van der Waals surface area contributed by atoms with Crippen LogP contribution in [0.3, 0.4) is 0 Å². The van der Waals surface area contributed by atoms with Crippen LogP contribution >= 0.6 is 0 Å². The smallest absolute Gasteiger partial charge is 0.160 e. The van der Waals surface area contributed by atoms with Crippen molar-refractivity contribution in [3.63, 3.8) is 0 Å². The second-order valence-electron chi connectivity index (χ2n) is 3.69. The topological polar surface area (TPSA) is 67.1 Å². The molecule has 1 rings (SSSR count). The van der Waals surface area contributed by atoms with Gasteiger partial charge in [0.25, 0.3) is 0 Å². The van der Waals surface area contributed by atoms with Crippen LogP contribution in [0.25, 0.3) is 0 Å². The average molecular weight is 209 g/mol. The van der Waals surface area contributed by atoms with Gasteiger partial charge in [-0.1, -0.05) is 6.92 Å². The minimum atomic E-state index is 0.410. The quantitative estimate of drug-likeness (QED) is 0.566. The van der Waals surface area contributed by atoms with Crippen LogP contribution in [0.1, 0.15) is 27.2 Å². The minimum Gasteiger partial charge on any atom is -0.353 e. The molecular weight excluding hydrogens is 190 g/mol. The van der Waals surface area contributed by atoms with Gasteiger partial charge in [0, 0.05) is 12.6 Å². The molecule has 0 aliphatic carbocycles. The molecule has 1 aromatic heterocycles. The van der Waals surface area contributed by atoms with Crippen molar-refractivity contribution < 1.29 is 0 Å². The Labute approximate surface area is 90.7 Å². The zero-order valence-corrected chi connectivity index (χ0v) is 9.57. The monoisotopic (exact) mass is 209 g/mol. The molecule has 0 aliphatic rings. The zero-order chi connectivity index (χ0) is 11.3. The summed E-state index contributed by atoms with van der Waals surface area (Å²) in [7, 11) is 0. The van der Waals surface area contributed by atoms with Gasteiger partial charge in [-0.15, -0.1) is 0 Å². The van der Waals surface area contributed by atoms with Crippen LogP contribution in [0.4, 0.5) is 11.6 Å². The summed E-state index contributed by atoms with van der Waals surface area (Å²) in [6.07, 6.45) is 4.45. The highest BCUT2D eigenvalue weighted by molar-refractivity contribution is 5.43. The number of nitrogens with two attached hydrogens (primary N) is 1. The molecule has 0 unspecified atom stereocenters. The summed E-state index contributed by atoms with van der Waals surface area (Å²) in [5, 5.41) is 0. The summed E-state index contributed by atoms with van der Waals surface area (Å²) in [5.74, 6) is 6.75. The first-order valence-corrected chi connectivity index (χ1v) is 5.24. The summed E-state index contributed by atoms with van der Waals surface area (Å²) in [6, 6.07) is 0.410. The lowest BCUT2D eigenvalue weighted by Crippen LogP contribution is -2.32. The number of hydrogen-bond acceptors (Lipinski definition) is 5. The highest BCUT2D eigenvalue weighted by atomic mass is 15.3. The highest BCUT2D eigenvalue weighted by Crippen LogP contribution is 2.15. The van der Waals surface area contributed by atoms with E-state index in [4.69, 9.17) is 5.84 Å². The summed E-state index contributed by atoms with van der Waals surface area (Å²) >= 11 is 0. The van der Waals surface area contributed by atoms with Gasteiger partial charge in [-0.2, -0.15) is 0 Å². The van der Waals surface area contributed by atoms with E-state index in [0.29, 0.717) is 11.9 Å². The van der Waals surface area contributed by atoms with E-state index in [0.717, 1.165) is 18.8 Å². The number of rotatable bonds is 5. The van der Waals surface area contributed by atoms with E-state index < -0.39 is 0 Å². The van der Waals surface area contributed by atoms with Crippen molar-refractivity contribution in [1.82, 2.24) is 9.97 Å². The van der Waals surface area contributed by atoms with E-state index in [-0.39, 0.29) is 0 Å². The van der Waals surface area contributed by atoms with Crippen molar-refractivity contribution in [3.8, 4) is 0 Å². The molecule has 5 nitrogen and oxygen atoms in total. The highest BCUT2D eigenvalue weighted by Gasteiger charge is 2.11. The standard InChI is InChI=1S/C10H19N5/c1-4-5-15(8(2)3)10-7-12-6-9(13-10)14-11/h6-8H,4-5,11H2,1-3H3,(H,13,14). The summed E-state index contributed by atoms with van der Waals surface area (Å²) in [6.45, 7) is 7.40. The molecule has 0 saturated carbocycles. The van der Waals surface area contributed by atoms with Gasteiger partial charge in [0.1, 0.15) is 5.82 Å². The molecule has 0 radical (unpaired) electrons. The normalized spacial score (nSPS) is 10.5. The SMILES string of the molecule is CCCN(c1cncc(NN)n1)C(C)C. The fourth-order valence-electron chi connectivity index (χ4n) is 1.44. The molecule has 0 atom stereocenters. The van der Waals surface area contributed by atoms with E-state index in [1.54, 1.807) is 12.4 Å². The third kappa shape index (κ3) is 3.06. The van der Waals surface area contributed by atoms with Crippen molar-refractivity contribution in [2.75, 3.05) is 16.9 Å². The van der Waals surface area contributed by atoms with Crippen molar-refractivity contribution in [2.24, 2.45) is 5.84 Å². The fourth-order valence-corrected chi connectivity index (χ4v) is 1.44. The zero-order valence-electron chi connectivity index (χ0n) is 9.57. The van der Waals surface area contributed by atoms with Gasteiger partial charge in [0.05, 0.1) is 12.4 Å². The fraction of sp³-hybridized carbons (Fsp3) is 0.600. The maximum Gasteiger partial charge on any atom is 0.160 e. The summed E-state index contributed by atoms with van der Waals surface area (Å²) in [4.78, 5) is 10.7. The summed E-state index contributed by atoms with van der Waals surface area (Å²) in [5.41, 5.74) is 2.50. The molecule has 0 spiro atoms. The lowest BCUT2D eigenvalue weighted by atomic mass is 10.3. The van der Waals surface area contributed by atoms with Gasteiger partial charge in [-0.05, 0) is 20.3 Å². The van der Waals surface area contributed by atoms with E-state index in [2.05, 4.69) is 41.1 Å². The van der Waals surface area contributed by atoms with Crippen LogP contribution in [-0.4, -0.2) is 22.6 Å². The molecule has 0 bridgehead atoms. The van der Waals surface area contributed by atoms with E-state index in [9.17, 15) is 0 Å². The molecule has 15 heavy (non-hydrogen) atoms. The molecule has 0 amide bonds. The van der Waals surface area contributed by atoms with Crippen LogP contribution in [0.15, 0.2) is 12.4 Å². The Kier molecular flexibility index (Phi) is 4.30. The molecule has 5 heteroatoms. The molecule has 1 heterocycles. The van der Waals surface area contributed by atoms with Gasteiger partial charge in [-0.3, -0.25) is 4.98 Å². The molecule has 84 valence electrons. The first-order chi connectivity index (χ1) is 7.19. The van der Waals surface area contributed by atoms with Crippen LogP contribution in [-0.2, 0) is 0 Å². The predicted molar refractivity (Wildman–Crippen MR) is 62.6 cm³/mol. The Balaban J connectivity index is 2.89. The predicted octanol–water partition coefficient (Wildman–Crippen LogP) is 1.39.